The minimum absolute atomic E-state index is 0.133. The van der Waals surface area contributed by atoms with E-state index in [-0.39, 0.29) is 16.9 Å². The van der Waals surface area contributed by atoms with Gasteiger partial charge in [-0.2, -0.15) is 0 Å². The molecule has 0 bridgehead atoms. The Morgan fingerprint density at radius 2 is 1.63 bits per heavy atom. The Kier molecular flexibility index (Phi) is 8.24. The molecular weight excluding hydrogens is 621 g/mol. The van der Waals surface area contributed by atoms with E-state index in [1.807, 2.05) is 76.2 Å². The largest absolute Gasteiger partial charge is 0.444 e. The second kappa shape index (κ2) is 12.0. The fraction of sp³-hybridized carbons (Fsp3) is 0.286. The Balaban J connectivity index is 1.25. The van der Waals surface area contributed by atoms with Crippen molar-refractivity contribution in [2.75, 3.05) is 18.4 Å². The van der Waals surface area contributed by atoms with E-state index in [1.165, 1.54) is 21.5 Å². The van der Waals surface area contributed by atoms with E-state index in [0.29, 0.717) is 42.0 Å². The number of nitrogens with one attached hydrogen (secondary N) is 1. The average molecular weight is 657 g/mol. The van der Waals surface area contributed by atoms with Gasteiger partial charge in [0.1, 0.15) is 5.60 Å². The zero-order valence-electron chi connectivity index (χ0n) is 26.2. The molecule has 3 aromatic heterocycles. The molecule has 0 spiro atoms. The Morgan fingerprint density at radius 1 is 0.935 bits per heavy atom. The number of ether oxygens (including phenoxy) is 1. The summed E-state index contributed by atoms with van der Waals surface area (Å²) in [6, 6.07) is 23.8. The highest BCUT2D eigenvalue weighted by molar-refractivity contribution is 7.90. The predicted molar refractivity (Wildman–Crippen MR) is 181 cm³/mol. The topological polar surface area (TPSA) is 111 Å². The number of carbonyl (C=O) groups excluding carboxylic acids is 2. The summed E-state index contributed by atoms with van der Waals surface area (Å²) in [7, 11) is -3.84. The van der Waals surface area contributed by atoms with Crippen LogP contribution in [-0.4, -0.2) is 53.0 Å². The Labute approximate surface area is 272 Å². The number of benzene rings is 2. The summed E-state index contributed by atoms with van der Waals surface area (Å²) in [5.41, 5.74) is 1.60. The Bertz CT molecular complexity index is 2000. The van der Waals surface area contributed by atoms with Gasteiger partial charge >= 0.3 is 6.09 Å². The maximum Gasteiger partial charge on any atom is 0.410 e. The number of thiophene rings is 1. The summed E-state index contributed by atoms with van der Waals surface area (Å²) in [5, 5.41) is 4.51. The molecule has 2 aromatic carbocycles. The monoisotopic (exact) mass is 656 g/mol. The Hall–Kier alpha value is -4.48. The summed E-state index contributed by atoms with van der Waals surface area (Å²) in [6.45, 7) is 8.21. The number of likely N-dealkylation sites (tertiary alicyclic amines) is 1. The van der Waals surface area contributed by atoms with Gasteiger partial charge < -0.3 is 15.0 Å². The van der Waals surface area contributed by atoms with Crippen LogP contribution in [0.3, 0.4) is 0 Å². The third-order valence-corrected chi connectivity index (χ3v) is 11.0. The van der Waals surface area contributed by atoms with Crippen LogP contribution in [0.2, 0.25) is 0 Å². The predicted octanol–water partition coefficient (Wildman–Crippen LogP) is 7.22. The van der Waals surface area contributed by atoms with Gasteiger partial charge in [0.2, 0.25) is 5.91 Å². The first kappa shape index (κ1) is 31.5. The number of piperidine rings is 1. The van der Waals surface area contributed by atoms with Gasteiger partial charge in [0.05, 0.1) is 15.3 Å². The van der Waals surface area contributed by atoms with Crippen LogP contribution < -0.4 is 5.32 Å². The number of pyridine rings is 1. The first-order valence-electron chi connectivity index (χ1n) is 15.1. The highest BCUT2D eigenvalue weighted by Gasteiger charge is 2.44. The number of anilines is 1. The molecule has 11 heteroatoms. The number of rotatable bonds is 6. The fourth-order valence-corrected chi connectivity index (χ4v) is 8.07. The van der Waals surface area contributed by atoms with Crippen LogP contribution in [0.1, 0.15) is 44.7 Å². The number of nitrogens with zero attached hydrogens (tertiary/aromatic N) is 3. The average Bonchev–Trinajstić information content (AvgIpc) is 3.69. The van der Waals surface area contributed by atoms with E-state index in [1.54, 1.807) is 41.4 Å². The molecule has 6 rings (SSSR count). The highest BCUT2D eigenvalue weighted by atomic mass is 32.2. The van der Waals surface area contributed by atoms with Gasteiger partial charge in [0.15, 0.2) is 5.65 Å². The zero-order valence-corrected chi connectivity index (χ0v) is 27.8. The molecule has 1 aliphatic rings. The molecule has 1 N–H and O–H groups in total. The van der Waals surface area contributed by atoms with Crippen molar-refractivity contribution >= 4 is 49.4 Å². The molecule has 0 radical (unpaired) electrons. The lowest BCUT2D eigenvalue weighted by molar-refractivity contribution is -0.123. The van der Waals surface area contributed by atoms with Crippen LogP contribution in [0.25, 0.3) is 21.5 Å². The molecule has 4 heterocycles. The van der Waals surface area contributed by atoms with Crippen LogP contribution in [0.5, 0.6) is 0 Å². The molecule has 46 heavy (non-hydrogen) atoms. The van der Waals surface area contributed by atoms with Gasteiger partial charge in [-0.1, -0.05) is 48.0 Å². The highest BCUT2D eigenvalue weighted by Crippen LogP contribution is 2.40. The molecule has 0 aliphatic carbocycles. The minimum atomic E-state index is -3.84. The van der Waals surface area contributed by atoms with Gasteiger partial charge in [0.25, 0.3) is 10.0 Å². The van der Waals surface area contributed by atoms with Crippen LogP contribution in [0.15, 0.2) is 96.2 Å². The van der Waals surface area contributed by atoms with Crippen molar-refractivity contribution in [3.63, 3.8) is 0 Å². The Morgan fingerprint density at radius 3 is 2.30 bits per heavy atom. The van der Waals surface area contributed by atoms with Gasteiger partial charge in [-0.15, -0.1) is 11.3 Å². The molecule has 1 aliphatic heterocycles. The summed E-state index contributed by atoms with van der Waals surface area (Å²) in [4.78, 5) is 34.0. The number of carbonyl (C=O) groups is 2. The molecular formula is C35H36N4O5S2. The van der Waals surface area contributed by atoms with E-state index in [9.17, 15) is 18.0 Å². The van der Waals surface area contributed by atoms with Gasteiger partial charge in [-0.05, 0) is 82.5 Å². The van der Waals surface area contributed by atoms with E-state index >= 15 is 0 Å². The number of aromatic nitrogens is 2. The summed E-state index contributed by atoms with van der Waals surface area (Å²) in [6.07, 6.45) is 3.66. The fourth-order valence-electron chi connectivity index (χ4n) is 5.83. The minimum Gasteiger partial charge on any atom is -0.444 e. The van der Waals surface area contributed by atoms with Gasteiger partial charge in [-0.25, -0.2) is 22.2 Å². The molecule has 0 saturated carbocycles. The molecule has 238 valence electrons. The number of hydrogen-bond acceptors (Lipinski definition) is 7. The molecule has 0 atom stereocenters. The molecule has 1 fully saturated rings. The standard InChI is InChI=1S/C35H36N4O5S2/c1-24-10-12-26(13-11-24)46(42,43)39-21-17-28-27(16-20-36-31(28)39)29-14-15-30(45-29)37-32(40)35(25-8-6-5-7-9-25)18-22-38(23-19-35)33(41)44-34(2,3)4/h5-17,20-21H,18-19,22-23H2,1-4H3,(H,37,40). The zero-order chi connectivity index (χ0) is 32.7. The first-order chi connectivity index (χ1) is 21.9. The second-order valence-electron chi connectivity index (χ2n) is 12.6. The lowest BCUT2D eigenvalue weighted by Gasteiger charge is -2.41. The number of hydrogen-bond donors (Lipinski definition) is 1. The number of amides is 2. The lowest BCUT2D eigenvalue weighted by atomic mass is 9.72. The second-order valence-corrected chi connectivity index (χ2v) is 15.5. The van der Waals surface area contributed by atoms with E-state index in [2.05, 4.69) is 10.3 Å². The molecule has 1 saturated heterocycles. The van der Waals surface area contributed by atoms with Crippen molar-refractivity contribution in [1.29, 1.82) is 0 Å². The van der Waals surface area contributed by atoms with Gasteiger partial charge in [0, 0.05) is 41.3 Å². The summed E-state index contributed by atoms with van der Waals surface area (Å²) in [5.74, 6) is -0.133. The SMILES string of the molecule is Cc1ccc(S(=O)(=O)n2ccc3c(-c4ccc(NC(=O)C5(c6ccccc6)CCN(C(=O)OC(C)(C)C)CC5)s4)ccnc32)cc1. The van der Waals surface area contributed by atoms with Crippen LogP contribution in [0, 0.1) is 6.92 Å². The smallest absolute Gasteiger partial charge is 0.410 e. The van der Waals surface area contributed by atoms with Crippen LogP contribution in [-0.2, 0) is 25.0 Å². The third kappa shape index (κ3) is 6.04. The van der Waals surface area contributed by atoms with Crippen molar-refractivity contribution in [2.45, 2.75) is 56.4 Å². The van der Waals surface area contributed by atoms with E-state index < -0.39 is 21.0 Å². The normalized spacial score (nSPS) is 15.1. The number of fused-ring (bicyclic) bond motifs is 1. The number of aryl methyl sites for hydroxylation is 1. The van der Waals surface area contributed by atoms with Crippen molar-refractivity contribution in [3.8, 4) is 10.4 Å². The van der Waals surface area contributed by atoms with Gasteiger partial charge in [-0.3, -0.25) is 4.79 Å². The molecule has 0 unspecified atom stereocenters. The van der Waals surface area contributed by atoms with Crippen LogP contribution in [0.4, 0.5) is 9.80 Å². The first-order valence-corrected chi connectivity index (χ1v) is 17.4. The van der Waals surface area contributed by atoms with Crippen LogP contribution >= 0.6 is 11.3 Å². The molecule has 2 amide bonds. The third-order valence-electron chi connectivity index (χ3n) is 8.27. The van der Waals surface area contributed by atoms with Crippen molar-refractivity contribution in [2.24, 2.45) is 0 Å². The summed E-state index contributed by atoms with van der Waals surface area (Å²) < 4.78 is 33.7. The quantitative estimate of drug-likeness (QED) is 0.207. The van der Waals surface area contributed by atoms with E-state index in [4.69, 9.17) is 4.74 Å². The maximum absolute atomic E-state index is 14.1. The van der Waals surface area contributed by atoms with Crippen molar-refractivity contribution in [1.82, 2.24) is 13.9 Å². The maximum atomic E-state index is 14.1. The summed E-state index contributed by atoms with van der Waals surface area (Å²) >= 11 is 1.41. The van der Waals surface area contributed by atoms with Crippen molar-refractivity contribution in [3.05, 3.63) is 102 Å². The molecule has 5 aromatic rings. The van der Waals surface area contributed by atoms with Crippen molar-refractivity contribution < 1.29 is 22.7 Å². The van der Waals surface area contributed by atoms with E-state index in [0.717, 1.165) is 21.6 Å². The lowest BCUT2D eigenvalue weighted by Crippen LogP contribution is -2.51. The molecule has 9 nitrogen and oxygen atoms in total.